The molecule has 35 heavy (non-hydrogen) atoms. The van der Waals surface area contributed by atoms with Crippen molar-refractivity contribution in [3.05, 3.63) is 71.2 Å². The standard InChI is InChI=1S/C26H24N4O4S/c1-16(31)21-13-19-12-18(9-10-20(19)27-21)22-15-35-25(28-22)29-24(32)23-8-5-11-30(23)26(33)34-14-17-6-3-2-4-7-17/h2-4,6-7,9-10,12-13,15,23,27H,5,8,11,14H2,1H3,(H,28,29,32)/t23-/m0/s1. The summed E-state index contributed by atoms with van der Waals surface area (Å²) in [6.45, 7) is 2.17. The van der Waals surface area contributed by atoms with Crippen LogP contribution in [-0.4, -0.2) is 45.2 Å². The Morgan fingerprint density at radius 3 is 2.80 bits per heavy atom. The van der Waals surface area contributed by atoms with E-state index < -0.39 is 12.1 Å². The number of benzene rings is 2. The summed E-state index contributed by atoms with van der Waals surface area (Å²) in [7, 11) is 0. The Kier molecular flexibility index (Phi) is 6.33. The molecule has 0 aliphatic carbocycles. The fourth-order valence-corrected chi connectivity index (χ4v) is 4.92. The maximum atomic E-state index is 13.0. The van der Waals surface area contributed by atoms with E-state index in [1.54, 1.807) is 0 Å². The van der Waals surface area contributed by atoms with E-state index in [9.17, 15) is 14.4 Å². The summed E-state index contributed by atoms with van der Waals surface area (Å²) in [5, 5.41) is 6.11. The van der Waals surface area contributed by atoms with E-state index in [1.807, 2.05) is 60.0 Å². The number of fused-ring (bicyclic) bond motifs is 1. The highest BCUT2D eigenvalue weighted by molar-refractivity contribution is 7.14. The van der Waals surface area contributed by atoms with E-state index in [1.165, 1.54) is 23.2 Å². The Morgan fingerprint density at radius 2 is 2.00 bits per heavy atom. The minimum atomic E-state index is -0.591. The number of thiazole rings is 1. The summed E-state index contributed by atoms with van der Waals surface area (Å²) < 4.78 is 5.43. The minimum Gasteiger partial charge on any atom is -0.445 e. The highest BCUT2D eigenvalue weighted by Crippen LogP contribution is 2.29. The van der Waals surface area contributed by atoms with E-state index in [-0.39, 0.29) is 18.3 Å². The fourth-order valence-electron chi connectivity index (χ4n) is 4.19. The van der Waals surface area contributed by atoms with Crippen molar-refractivity contribution >= 4 is 45.2 Å². The Balaban J connectivity index is 1.24. The van der Waals surface area contributed by atoms with Gasteiger partial charge >= 0.3 is 6.09 Å². The second-order valence-electron chi connectivity index (χ2n) is 8.46. The van der Waals surface area contributed by atoms with Gasteiger partial charge in [0.15, 0.2) is 10.9 Å². The van der Waals surface area contributed by atoms with Crippen LogP contribution in [0.25, 0.3) is 22.2 Å². The molecular weight excluding hydrogens is 464 g/mol. The molecule has 1 atom stereocenters. The van der Waals surface area contributed by atoms with Crippen LogP contribution >= 0.6 is 11.3 Å². The molecule has 4 aromatic rings. The van der Waals surface area contributed by atoms with Crippen molar-refractivity contribution < 1.29 is 19.1 Å². The first kappa shape index (κ1) is 22.8. The summed E-state index contributed by atoms with van der Waals surface area (Å²) in [5.41, 5.74) is 3.94. The largest absolute Gasteiger partial charge is 0.445 e. The summed E-state index contributed by atoms with van der Waals surface area (Å²) in [4.78, 5) is 46.4. The van der Waals surface area contributed by atoms with E-state index in [0.29, 0.717) is 23.8 Å². The smallest absolute Gasteiger partial charge is 0.410 e. The number of ether oxygens (including phenoxy) is 1. The number of hydrogen-bond acceptors (Lipinski definition) is 6. The summed E-state index contributed by atoms with van der Waals surface area (Å²) in [5.74, 6) is -0.293. The SMILES string of the molecule is CC(=O)c1cc2cc(-c3csc(NC(=O)[C@@H]4CCCN4C(=O)OCc4ccccc4)n3)ccc2[nH]1. The number of ketones is 1. The van der Waals surface area contributed by atoms with Crippen LogP contribution in [0.1, 0.15) is 35.8 Å². The highest BCUT2D eigenvalue weighted by Gasteiger charge is 2.35. The Bertz CT molecular complexity index is 1390. The molecule has 1 fully saturated rings. The number of nitrogens with zero attached hydrogens (tertiary/aromatic N) is 2. The van der Waals surface area contributed by atoms with Gasteiger partial charge in [0, 0.05) is 35.3 Å². The highest BCUT2D eigenvalue weighted by atomic mass is 32.1. The zero-order chi connectivity index (χ0) is 24.4. The maximum absolute atomic E-state index is 13.0. The van der Waals surface area contributed by atoms with Gasteiger partial charge < -0.3 is 15.0 Å². The summed E-state index contributed by atoms with van der Waals surface area (Å²) >= 11 is 1.32. The molecular formula is C26H24N4O4S. The topological polar surface area (TPSA) is 104 Å². The number of H-pyrrole nitrogens is 1. The lowest BCUT2D eigenvalue weighted by atomic mass is 10.1. The molecule has 2 N–H and O–H groups in total. The molecule has 2 aromatic carbocycles. The monoisotopic (exact) mass is 488 g/mol. The number of aromatic nitrogens is 2. The van der Waals surface area contributed by atoms with Crippen molar-refractivity contribution in [2.24, 2.45) is 0 Å². The van der Waals surface area contributed by atoms with Crippen LogP contribution in [0.5, 0.6) is 0 Å². The second kappa shape index (κ2) is 9.71. The molecule has 5 rings (SSSR count). The van der Waals surface area contributed by atoms with Crippen LogP contribution < -0.4 is 5.32 Å². The van der Waals surface area contributed by atoms with Crippen LogP contribution in [0.4, 0.5) is 9.93 Å². The molecule has 1 saturated heterocycles. The molecule has 0 radical (unpaired) electrons. The number of anilines is 1. The lowest BCUT2D eigenvalue weighted by molar-refractivity contribution is -0.120. The van der Waals surface area contributed by atoms with Crippen molar-refractivity contribution in [2.45, 2.75) is 32.4 Å². The first-order chi connectivity index (χ1) is 17.0. The van der Waals surface area contributed by atoms with Crippen LogP contribution in [-0.2, 0) is 16.1 Å². The van der Waals surface area contributed by atoms with E-state index in [0.717, 1.165) is 34.1 Å². The molecule has 1 aliphatic heterocycles. The molecule has 2 amide bonds. The number of carbonyl (C=O) groups excluding carboxylic acids is 3. The summed E-state index contributed by atoms with van der Waals surface area (Å²) in [6.07, 6.45) is 0.823. The van der Waals surface area contributed by atoms with Gasteiger partial charge in [-0.05, 0) is 36.6 Å². The third kappa shape index (κ3) is 4.95. The average Bonchev–Trinajstić information content (AvgIpc) is 3.62. The van der Waals surface area contributed by atoms with Crippen molar-refractivity contribution in [1.82, 2.24) is 14.9 Å². The number of hydrogen-bond donors (Lipinski definition) is 2. The first-order valence-electron chi connectivity index (χ1n) is 11.4. The quantitative estimate of drug-likeness (QED) is 0.362. The van der Waals surface area contributed by atoms with Gasteiger partial charge in [0.25, 0.3) is 0 Å². The predicted octanol–water partition coefficient (Wildman–Crippen LogP) is 5.23. The molecule has 8 nitrogen and oxygen atoms in total. The fraction of sp³-hybridized carbons (Fsp3) is 0.231. The van der Waals surface area contributed by atoms with Gasteiger partial charge in [-0.15, -0.1) is 11.3 Å². The van der Waals surface area contributed by atoms with Gasteiger partial charge in [0.2, 0.25) is 5.91 Å². The Labute approximate surface area is 205 Å². The molecule has 0 saturated carbocycles. The zero-order valence-electron chi connectivity index (χ0n) is 19.1. The molecule has 2 aromatic heterocycles. The van der Waals surface area contributed by atoms with Crippen LogP contribution in [0, 0.1) is 0 Å². The minimum absolute atomic E-state index is 0.0219. The van der Waals surface area contributed by atoms with Crippen molar-refractivity contribution in [1.29, 1.82) is 0 Å². The number of carbonyl (C=O) groups is 3. The molecule has 0 bridgehead atoms. The number of amides is 2. The molecule has 0 unspecified atom stereocenters. The van der Waals surface area contributed by atoms with Gasteiger partial charge in [0.1, 0.15) is 12.6 Å². The zero-order valence-corrected chi connectivity index (χ0v) is 19.9. The van der Waals surface area contributed by atoms with Crippen molar-refractivity contribution in [2.75, 3.05) is 11.9 Å². The van der Waals surface area contributed by atoms with E-state index in [4.69, 9.17) is 4.74 Å². The van der Waals surface area contributed by atoms with E-state index in [2.05, 4.69) is 15.3 Å². The normalized spacial score (nSPS) is 15.3. The van der Waals surface area contributed by atoms with Gasteiger partial charge in [-0.1, -0.05) is 36.4 Å². The van der Waals surface area contributed by atoms with Gasteiger partial charge in [-0.25, -0.2) is 9.78 Å². The van der Waals surface area contributed by atoms with Gasteiger partial charge in [0.05, 0.1) is 11.4 Å². The predicted molar refractivity (Wildman–Crippen MR) is 134 cm³/mol. The van der Waals surface area contributed by atoms with Crippen LogP contribution in [0.15, 0.2) is 60.0 Å². The molecule has 9 heteroatoms. The second-order valence-corrected chi connectivity index (χ2v) is 9.32. The van der Waals surface area contributed by atoms with Crippen LogP contribution in [0.2, 0.25) is 0 Å². The number of likely N-dealkylation sites (tertiary alicyclic amines) is 1. The van der Waals surface area contributed by atoms with Crippen molar-refractivity contribution in [3.63, 3.8) is 0 Å². The molecule has 3 heterocycles. The lowest BCUT2D eigenvalue weighted by Crippen LogP contribution is -2.43. The van der Waals surface area contributed by atoms with E-state index >= 15 is 0 Å². The Hall–Kier alpha value is -3.98. The molecule has 0 spiro atoms. The molecule has 178 valence electrons. The summed E-state index contributed by atoms with van der Waals surface area (Å²) in [6, 6.07) is 16.5. The van der Waals surface area contributed by atoms with Gasteiger partial charge in [-0.2, -0.15) is 0 Å². The van der Waals surface area contributed by atoms with Gasteiger partial charge in [-0.3, -0.25) is 14.5 Å². The molecule has 1 aliphatic rings. The maximum Gasteiger partial charge on any atom is 0.410 e. The van der Waals surface area contributed by atoms with Crippen LogP contribution in [0.3, 0.4) is 0 Å². The number of aromatic amines is 1. The average molecular weight is 489 g/mol. The lowest BCUT2D eigenvalue weighted by Gasteiger charge is -2.22. The number of rotatable bonds is 6. The third-order valence-corrected chi connectivity index (χ3v) is 6.78. The number of Topliss-reactive ketones (excluding diaryl/α,β-unsaturated/α-hetero) is 1. The first-order valence-corrected chi connectivity index (χ1v) is 12.2. The third-order valence-electron chi connectivity index (χ3n) is 6.03. The van der Waals surface area contributed by atoms with Crippen molar-refractivity contribution in [3.8, 4) is 11.3 Å². The number of nitrogens with one attached hydrogen (secondary N) is 2. The Morgan fingerprint density at radius 1 is 1.17 bits per heavy atom.